The number of benzene rings is 1. The third-order valence-electron chi connectivity index (χ3n) is 4.99. The van der Waals surface area contributed by atoms with Gasteiger partial charge in [0.2, 0.25) is 6.79 Å². The van der Waals surface area contributed by atoms with Crippen molar-refractivity contribution >= 4 is 5.96 Å². The smallest absolute Gasteiger partial charge is 0.387 e. The maximum atomic E-state index is 12.8. The molecule has 3 N–H and O–H groups in total. The first-order valence-corrected chi connectivity index (χ1v) is 9.47. The van der Waals surface area contributed by atoms with Crippen LogP contribution in [0.1, 0.15) is 39.2 Å². The Kier molecular flexibility index (Phi) is 8.10. The Hall–Kier alpha value is -2.29. The Morgan fingerprint density at radius 3 is 2.46 bits per heavy atom. The van der Waals surface area contributed by atoms with Gasteiger partial charge in [0, 0.05) is 30.1 Å². The predicted octanol–water partition coefficient (Wildman–Crippen LogP) is 2.87. The van der Waals surface area contributed by atoms with Crippen molar-refractivity contribution in [3.8, 4) is 17.2 Å². The van der Waals surface area contributed by atoms with Crippen molar-refractivity contribution in [1.29, 1.82) is 0 Å². The average Bonchev–Trinajstić information content (AvgIpc) is 3.14. The number of nitrogens with one attached hydrogen (secondary N) is 2. The van der Waals surface area contributed by atoms with Crippen LogP contribution in [0.4, 0.5) is 8.78 Å². The van der Waals surface area contributed by atoms with Crippen LogP contribution in [0, 0.1) is 5.41 Å². The van der Waals surface area contributed by atoms with Crippen molar-refractivity contribution in [2.24, 2.45) is 10.4 Å². The van der Waals surface area contributed by atoms with E-state index >= 15 is 0 Å². The molecular weight excluding hydrogens is 372 g/mol. The number of halogens is 2. The van der Waals surface area contributed by atoms with Crippen LogP contribution in [0.5, 0.6) is 17.2 Å². The van der Waals surface area contributed by atoms with Gasteiger partial charge in [-0.1, -0.05) is 13.8 Å². The maximum absolute atomic E-state index is 12.8. The molecule has 0 radical (unpaired) electrons. The van der Waals surface area contributed by atoms with Crippen molar-refractivity contribution in [1.82, 2.24) is 10.6 Å². The van der Waals surface area contributed by atoms with E-state index in [1.807, 2.05) is 20.8 Å². The lowest BCUT2D eigenvalue weighted by atomic mass is 9.83. The molecule has 0 bridgehead atoms. The van der Waals surface area contributed by atoms with E-state index in [0.717, 1.165) is 12.8 Å². The predicted molar refractivity (Wildman–Crippen MR) is 102 cm³/mol. The summed E-state index contributed by atoms with van der Waals surface area (Å²) in [6.07, 6.45) is 1.64. The van der Waals surface area contributed by atoms with E-state index in [1.54, 1.807) is 6.07 Å². The molecule has 7 nitrogen and oxygen atoms in total. The number of aliphatic hydroxyl groups is 1. The Bertz CT molecular complexity index is 659. The molecule has 0 spiro atoms. The molecule has 0 saturated heterocycles. The number of hydrogen-bond acceptors (Lipinski definition) is 5. The molecule has 1 aromatic carbocycles. The minimum absolute atomic E-state index is 0.00525. The zero-order valence-corrected chi connectivity index (χ0v) is 16.6. The average molecular weight is 401 g/mol. The van der Waals surface area contributed by atoms with Crippen LogP contribution in [0.3, 0.4) is 0 Å². The van der Waals surface area contributed by atoms with Crippen LogP contribution in [0.25, 0.3) is 0 Å². The summed E-state index contributed by atoms with van der Waals surface area (Å²) in [6, 6.07) is 2.99. The van der Waals surface area contributed by atoms with Crippen molar-refractivity contribution < 1.29 is 28.1 Å². The van der Waals surface area contributed by atoms with Gasteiger partial charge in [-0.3, -0.25) is 0 Å². The zero-order chi connectivity index (χ0) is 20.6. The molecule has 158 valence electrons. The number of guanidine groups is 1. The monoisotopic (exact) mass is 401 g/mol. The number of aliphatic imine (C=N–C) groups is 1. The van der Waals surface area contributed by atoms with Crippen LogP contribution in [0.2, 0.25) is 0 Å². The molecule has 0 aliphatic carbocycles. The first-order chi connectivity index (χ1) is 13.5. The summed E-state index contributed by atoms with van der Waals surface area (Å²) in [5.41, 5.74) is 0.222. The summed E-state index contributed by atoms with van der Waals surface area (Å²) < 4.78 is 40.7. The van der Waals surface area contributed by atoms with Crippen molar-refractivity contribution in [3.05, 3.63) is 17.7 Å². The van der Waals surface area contributed by atoms with Gasteiger partial charge in [0.25, 0.3) is 0 Å². The lowest BCUT2D eigenvalue weighted by Crippen LogP contribution is -2.44. The second-order valence-electron chi connectivity index (χ2n) is 6.61. The fourth-order valence-corrected chi connectivity index (χ4v) is 2.85. The minimum Gasteiger partial charge on any atom is -0.454 e. The molecule has 2 rings (SSSR count). The molecule has 1 heterocycles. The van der Waals surface area contributed by atoms with Crippen molar-refractivity contribution in [3.63, 3.8) is 0 Å². The highest BCUT2D eigenvalue weighted by Crippen LogP contribution is 2.39. The summed E-state index contributed by atoms with van der Waals surface area (Å²) in [5, 5.41) is 16.1. The third kappa shape index (κ3) is 5.60. The van der Waals surface area contributed by atoms with Gasteiger partial charge in [-0.15, -0.1) is 0 Å². The minimum atomic E-state index is -2.95. The van der Waals surface area contributed by atoms with Crippen LogP contribution in [0.15, 0.2) is 17.1 Å². The molecular formula is C19H29F2N3O4. The van der Waals surface area contributed by atoms with Gasteiger partial charge < -0.3 is 30.0 Å². The quantitative estimate of drug-likeness (QED) is 0.413. The Morgan fingerprint density at radius 1 is 1.21 bits per heavy atom. The van der Waals surface area contributed by atoms with Gasteiger partial charge in [-0.2, -0.15) is 8.78 Å². The molecule has 9 heteroatoms. The lowest BCUT2D eigenvalue weighted by Gasteiger charge is -2.30. The highest BCUT2D eigenvalue weighted by Gasteiger charge is 2.25. The lowest BCUT2D eigenvalue weighted by molar-refractivity contribution is -0.0505. The first kappa shape index (κ1) is 22.0. The van der Waals surface area contributed by atoms with Gasteiger partial charge >= 0.3 is 6.61 Å². The standard InChI is InChI=1S/C19H29F2N3O4/c1-4-19(5-2,11-25)10-24-18(22-6-3)23-9-13-7-15-16(27-12-26-15)8-14(13)28-17(20)21/h7-8,17,25H,4-6,9-12H2,1-3H3,(H2,22,23,24). The Morgan fingerprint density at radius 2 is 1.89 bits per heavy atom. The summed E-state index contributed by atoms with van der Waals surface area (Å²) >= 11 is 0. The molecule has 28 heavy (non-hydrogen) atoms. The second kappa shape index (κ2) is 10.3. The SMILES string of the molecule is CCNC(=NCc1cc2c(cc1OC(F)F)OCO2)NCC(CC)(CC)CO. The summed E-state index contributed by atoms with van der Waals surface area (Å²) in [6.45, 7) is 4.45. The van der Waals surface area contributed by atoms with Crippen molar-refractivity contribution in [2.45, 2.75) is 46.8 Å². The molecule has 0 aromatic heterocycles. The number of nitrogens with zero attached hydrogens (tertiary/aromatic N) is 1. The molecule has 0 fully saturated rings. The van der Waals surface area contributed by atoms with Gasteiger partial charge in [0.05, 0.1) is 13.2 Å². The summed E-state index contributed by atoms with van der Waals surface area (Å²) in [5.74, 6) is 1.38. The maximum Gasteiger partial charge on any atom is 0.387 e. The van der Waals surface area contributed by atoms with Gasteiger partial charge in [-0.05, 0) is 25.8 Å². The number of alkyl halides is 2. The van der Waals surface area contributed by atoms with Crippen LogP contribution < -0.4 is 24.8 Å². The number of fused-ring (bicyclic) bond motifs is 1. The van der Waals surface area contributed by atoms with E-state index < -0.39 is 6.61 Å². The Labute approximate surface area is 164 Å². The summed E-state index contributed by atoms with van der Waals surface area (Å²) in [7, 11) is 0. The molecule has 1 aliphatic heterocycles. The van der Waals surface area contributed by atoms with E-state index in [1.165, 1.54) is 6.07 Å². The van der Waals surface area contributed by atoms with Crippen LogP contribution in [-0.2, 0) is 6.54 Å². The second-order valence-corrected chi connectivity index (χ2v) is 6.61. The van der Waals surface area contributed by atoms with Crippen molar-refractivity contribution in [2.75, 3.05) is 26.5 Å². The molecule has 1 aliphatic rings. The normalized spacial score (nSPS) is 13.8. The van der Waals surface area contributed by atoms with Crippen LogP contribution >= 0.6 is 0 Å². The molecule has 1 aromatic rings. The fourth-order valence-electron chi connectivity index (χ4n) is 2.85. The highest BCUT2D eigenvalue weighted by atomic mass is 19.3. The molecule has 0 unspecified atom stereocenters. The third-order valence-corrected chi connectivity index (χ3v) is 4.99. The van der Waals surface area contributed by atoms with E-state index in [2.05, 4.69) is 20.4 Å². The fraction of sp³-hybridized carbons (Fsp3) is 0.632. The van der Waals surface area contributed by atoms with Crippen LogP contribution in [-0.4, -0.2) is 44.2 Å². The molecule has 0 amide bonds. The topological polar surface area (TPSA) is 84.3 Å². The number of aliphatic hydroxyl groups excluding tert-OH is 1. The van der Waals surface area contributed by atoms with Gasteiger partial charge in [-0.25, -0.2) is 4.99 Å². The highest BCUT2D eigenvalue weighted by molar-refractivity contribution is 5.79. The number of hydrogen-bond donors (Lipinski definition) is 3. The largest absolute Gasteiger partial charge is 0.454 e. The summed E-state index contributed by atoms with van der Waals surface area (Å²) in [4.78, 5) is 4.47. The van der Waals surface area contributed by atoms with E-state index in [0.29, 0.717) is 36.1 Å². The number of ether oxygens (including phenoxy) is 3. The molecule has 0 saturated carbocycles. The van der Waals surface area contributed by atoms with E-state index in [9.17, 15) is 13.9 Å². The van der Waals surface area contributed by atoms with Gasteiger partial charge in [0.15, 0.2) is 17.5 Å². The van der Waals surface area contributed by atoms with E-state index in [-0.39, 0.29) is 31.1 Å². The van der Waals surface area contributed by atoms with E-state index in [4.69, 9.17) is 9.47 Å². The zero-order valence-electron chi connectivity index (χ0n) is 16.6. The first-order valence-electron chi connectivity index (χ1n) is 9.47. The van der Waals surface area contributed by atoms with Gasteiger partial charge in [0.1, 0.15) is 5.75 Å². The Balaban J connectivity index is 2.17. The number of rotatable bonds is 10. The molecule has 0 atom stereocenters.